The molecule has 8 heteroatoms. The molecule has 1 fully saturated rings. The van der Waals surface area contributed by atoms with Crippen molar-refractivity contribution < 1.29 is 9.53 Å². The highest BCUT2D eigenvalue weighted by Crippen LogP contribution is 2.39. The number of H-pyrrole nitrogens is 1. The Kier molecular flexibility index (Phi) is 6.39. The molecule has 1 aliphatic heterocycles. The number of carbonyl (C=O) groups excluding carboxylic acids is 1. The van der Waals surface area contributed by atoms with E-state index >= 15 is 0 Å². The number of hydrogen-bond donors (Lipinski definition) is 3. The van der Waals surface area contributed by atoms with Crippen LogP contribution in [0.1, 0.15) is 33.6 Å². The van der Waals surface area contributed by atoms with Gasteiger partial charge in [-0.3, -0.25) is 4.79 Å². The molecule has 2 aromatic rings. The number of likely N-dealkylation sites (N-methyl/N-ethyl adjacent to an activating group) is 1. The fraction of sp³-hybridized carbons (Fsp3) is 0.579. The largest absolute Gasteiger partial charge is 0.368 e. The van der Waals surface area contributed by atoms with Gasteiger partial charge in [-0.1, -0.05) is 0 Å². The predicted molar refractivity (Wildman–Crippen MR) is 112 cm³/mol. The van der Waals surface area contributed by atoms with Crippen molar-refractivity contribution in [1.29, 1.82) is 0 Å². The molecule has 1 aliphatic rings. The van der Waals surface area contributed by atoms with Crippen LogP contribution in [0, 0.1) is 0 Å². The second-order valence-corrected chi connectivity index (χ2v) is 8.13. The number of aromatic nitrogens is 2. The molecule has 148 valence electrons. The van der Waals surface area contributed by atoms with Crippen molar-refractivity contribution in [2.24, 2.45) is 0 Å². The lowest BCUT2D eigenvalue weighted by Gasteiger charge is -2.35. The number of amides is 1. The fourth-order valence-electron chi connectivity index (χ4n) is 3.58. The van der Waals surface area contributed by atoms with Gasteiger partial charge in [-0.15, -0.1) is 0 Å². The van der Waals surface area contributed by atoms with E-state index in [9.17, 15) is 4.79 Å². The number of aromatic amines is 1. The van der Waals surface area contributed by atoms with E-state index in [4.69, 9.17) is 4.74 Å². The van der Waals surface area contributed by atoms with Gasteiger partial charge in [-0.05, 0) is 56.6 Å². The van der Waals surface area contributed by atoms with E-state index in [1.807, 2.05) is 27.1 Å². The summed E-state index contributed by atoms with van der Waals surface area (Å²) in [5.41, 5.74) is 2.55. The number of carbonyl (C=O) groups is 1. The van der Waals surface area contributed by atoms with Crippen molar-refractivity contribution in [3.63, 3.8) is 0 Å². The van der Waals surface area contributed by atoms with Crippen LogP contribution in [-0.2, 0) is 9.53 Å². The van der Waals surface area contributed by atoms with Gasteiger partial charge in [0.1, 0.15) is 11.8 Å². The summed E-state index contributed by atoms with van der Waals surface area (Å²) in [5, 5.41) is 7.30. The highest BCUT2D eigenvalue weighted by atomic mass is 79.9. The zero-order chi connectivity index (χ0) is 19.6. The van der Waals surface area contributed by atoms with E-state index in [2.05, 4.69) is 41.4 Å². The third kappa shape index (κ3) is 4.44. The molecule has 0 radical (unpaired) electrons. The van der Waals surface area contributed by atoms with Crippen LogP contribution in [0.3, 0.4) is 0 Å². The summed E-state index contributed by atoms with van der Waals surface area (Å²) in [6.07, 6.45) is 5.36. The third-order valence-electron chi connectivity index (χ3n) is 4.88. The first-order valence-electron chi connectivity index (χ1n) is 9.44. The molecule has 2 aromatic heterocycles. The first-order valence-corrected chi connectivity index (χ1v) is 10.2. The van der Waals surface area contributed by atoms with E-state index in [1.165, 1.54) is 6.42 Å². The Morgan fingerprint density at radius 1 is 1.44 bits per heavy atom. The Morgan fingerprint density at radius 3 is 2.93 bits per heavy atom. The second-order valence-electron chi connectivity index (χ2n) is 7.27. The Labute approximate surface area is 168 Å². The summed E-state index contributed by atoms with van der Waals surface area (Å²) in [6.45, 7) is 7.49. The van der Waals surface area contributed by atoms with Gasteiger partial charge < -0.3 is 25.3 Å². The predicted octanol–water partition coefficient (Wildman–Crippen LogP) is 3.27. The van der Waals surface area contributed by atoms with Crippen LogP contribution in [-0.4, -0.2) is 54.3 Å². The zero-order valence-corrected chi connectivity index (χ0v) is 17.9. The normalized spacial score (nSPS) is 18.9. The monoisotopic (exact) mass is 437 g/mol. The fourth-order valence-corrected chi connectivity index (χ4v) is 4.14. The SMILES string of the molecule is CN[C@H]1CCCN(c2c(Br)cnc3[nH]cc(NC(=O)C(C)OC(C)C)c23)C1. The zero-order valence-electron chi connectivity index (χ0n) is 16.3. The second kappa shape index (κ2) is 8.58. The Morgan fingerprint density at radius 2 is 2.22 bits per heavy atom. The first-order chi connectivity index (χ1) is 12.9. The van der Waals surface area contributed by atoms with Crippen LogP contribution in [0.2, 0.25) is 0 Å². The van der Waals surface area contributed by atoms with Crippen LogP contribution in [0.15, 0.2) is 16.9 Å². The lowest BCUT2D eigenvalue weighted by atomic mass is 10.0. The number of anilines is 2. The van der Waals surface area contributed by atoms with Gasteiger partial charge in [0.15, 0.2) is 0 Å². The molecule has 1 saturated heterocycles. The quantitative estimate of drug-likeness (QED) is 0.645. The van der Waals surface area contributed by atoms with E-state index in [0.717, 1.165) is 46.4 Å². The molecular weight excluding hydrogens is 410 g/mol. The molecule has 0 bridgehead atoms. The minimum Gasteiger partial charge on any atom is -0.368 e. The third-order valence-corrected chi connectivity index (χ3v) is 5.46. The maximum Gasteiger partial charge on any atom is 0.253 e. The van der Waals surface area contributed by atoms with Gasteiger partial charge in [-0.2, -0.15) is 0 Å². The van der Waals surface area contributed by atoms with Crippen LogP contribution >= 0.6 is 15.9 Å². The van der Waals surface area contributed by atoms with Crippen LogP contribution in [0.25, 0.3) is 11.0 Å². The van der Waals surface area contributed by atoms with Crippen LogP contribution in [0.4, 0.5) is 11.4 Å². The Balaban J connectivity index is 1.94. The minimum absolute atomic E-state index is 0.00748. The number of pyridine rings is 1. The molecule has 3 heterocycles. The molecule has 3 N–H and O–H groups in total. The summed E-state index contributed by atoms with van der Waals surface area (Å²) < 4.78 is 6.53. The minimum atomic E-state index is -0.526. The average Bonchev–Trinajstić information content (AvgIpc) is 3.04. The molecule has 0 saturated carbocycles. The van der Waals surface area contributed by atoms with E-state index in [-0.39, 0.29) is 12.0 Å². The van der Waals surface area contributed by atoms with Crippen LogP contribution < -0.4 is 15.5 Å². The maximum atomic E-state index is 12.6. The van der Waals surface area contributed by atoms with Crippen molar-refractivity contribution in [1.82, 2.24) is 15.3 Å². The number of hydrogen-bond acceptors (Lipinski definition) is 5. The van der Waals surface area contributed by atoms with Gasteiger partial charge in [0.05, 0.1) is 27.3 Å². The van der Waals surface area contributed by atoms with Crippen molar-refractivity contribution in [3.05, 3.63) is 16.9 Å². The van der Waals surface area contributed by atoms with Gasteiger partial charge in [0.2, 0.25) is 0 Å². The Hall–Kier alpha value is -1.64. The number of fused-ring (bicyclic) bond motifs is 1. The number of rotatable bonds is 6. The van der Waals surface area contributed by atoms with Crippen molar-refractivity contribution >= 4 is 44.2 Å². The lowest BCUT2D eigenvalue weighted by molar-refractivity contribution is -0.128. The smallest absolute Gasteiger partial charge is 0.253 e. The molecule has 7 nitrogen and oxygen atoms in total. The topological polar surface area (TPSA) is 82.3 Å². The van der Waals surface area contributed by atoms with Crippen molar-refractivity contribution in [3.8, 4) is 0 Å². The summed E-state index contributed by atoms with van der Waals surface area (Å²) >= 11 is 3.67. The van der Waals surface area contributed by atoms with Crippen molar-refractivity contribution in [2.75, 3.05) is 30.4 Å². The molecule has 1 amide bonds. The summed E-state index contributed by atoms with van der Waals surface area (Å²) in [4.78, 5) is 22.6. The van der Waals surface area contributed by atoms with Gasteiger partial charge >= 0.3 is 0 Å². The molecule has 0 aromatic carbocycles. The summed E-state index contributed by atoms with van der Waals surface area (Å²) in [7, 11) is 2.00. The number of piperidine rings is 1. The first kappa shape index (κ1) is 20.1. The van der Waals surface area contributed by atoms with Crippen LogP contribution in [0.5, 0.6) is 0 Å². The molecular formula is C19H28BrN5O2. The van der Waals surface area contributed by atoms with Gasteiger partial charge in [0.25, 0.3) is 5.91 Å². The molecule has 0 aliphatic carbocycles. The number of nitrogens with zero attached hydrogens (tertiary/aromatic N) is 2. The molecule has 0 spiro atoms. The molecule has 2 atom stereocenters. The highest BCUT2D eigenvalue weighted by molar-refractivity contribution is 9.10. The van der Waals surface area contributed by atoms with Gasteiger partial charge in [-0.25, -0.2) is 4.98 Å². The highest BCUT2D eigenvalue weighted by Gasteiger charge is 2.25. The molecule has 3 rings (SSSR count). The maximum absolute atomic E-state index is 12.6. The number of ether oxygens (including phenoxy) is 1. The average molecular weight is 438 g/mol. The number of halogens is 1. The molecule has 27 heavy (non-hydrogen) atoms. The van der Waals surface area contributed by atoms with E-state index < -0.39 is 6.10 Å². The molecule has 1 unspecified atom stereocenters. The van der Waals surface area contributed by atoms with E-state index in [0.29, 0.717) is 6.04 Å². The van der Waals surface area contributed by atoms with E-state index in [1.54, 1.807) is 13.1 Å². The summed E-state index contributed by atoms with van der Waals surface area (Å²) in [5.74, 6) is -0.165. The number of nitrogens with one attached hydrogen (secondary N) is 3. The van der Waals surface area contributed by atoms with Crippen molar-refractivity contribution in [2.45, 2.75) is 51.9 Å². The standard InChI is InChI=1S/C19H28BrN5O2/c1-11(2)27-12(3)19(26)24-15-9-23-18-16(15)17(14(20)8-22-18)25-7-5-6-13(10-25)21-4/h8-9,11-13,21H,5-7,10H2,1-4H3,(H,22,23)(H,24,26)/t12?,13-/m0/s1. The Bertz CT molecular complexity index is 807. The lowest BCUT2D eigenvalue weighted by Crippen LogP contribution is -2.44. The summed E-state index contributed by atoms with van der Waals surface area (Å²) in [6, 6.07) is 0.449. The van der Waals surface area contributed by atoms with Gasteiger partial charge in [0, 0.05) is 31.5 Å².